The molecule has 1 aliphatic heterocycles. The fourth-order valence-corrected chi connectivity index (χ4v) is 2.67. The van der Waals surface area contributed by atoms with Crippen molar-refractivity contribution >= 4 is 23.4 Å². The number of Topliss-reactive ketones (excluding diaryl/α,β-unsaturated/α-hetero) is 1. The molecule has 1 aromatic rings. The number of rotatable bonds is 3. The van der Waals surface area contributed by atoms with Gasteiger partial charge >= 0.3 is 5.97 Å². The van der Waals surface area contributed by atoms with Crippen LogP contribution in [0.1, 0.15) is 22.3 Å². The number of hydrogen-bond acceptors (Lipinski definition) is 3. The zero-order valence-electron chi connectivity index (χ0n) is 9.48. The summed E-state index contributed by atoms with van der Waals surface area (Å²) < 4.78 is 5.36. The minimum absolute atomic E-state index is 0.126. The van der Waals surface area contributed by atoms with Crippen LogP contribution in [-0.4, -0.2) is 23.5 Å². The van der Waals surface area contributed by atoms with E-state index in [1.807, 2.05) is 0 Å². The summed E-state index contributed by atoms with van der Waals surface area (Å²) in [4.78, 5) is 22.9. The van der Waals surface area contributed by atoms with Crippen molar-refractivity contribution in [2.45, 2.75) is 12.8 Å². The molecule has 1 aliphatic carbocycles. The highest BCUT2D eigenvalue weighted by Gasteiger charge is 2.48. The fourth-order valence-electron chi connectivity index (χ4n) is 2.37. The Labute approximate surface area is 109 Å². The molecule has 2 atom stereocenters. The van der Waals surface area contributed by atoms with Crippen LogP contribution in [0.2, 0.25) is 5.02 Å². The second kappa shape index (κ2) is 3.99. The summed E-state index contributed by atoms with van der Waals surface area (Å²) in [5.74, 6) is -1.29. The van der Waals surface area contributed by atoms with E-state index < -0.39 is 11.9 Å². The molecule has 0 aromatic heterocycles. The number of carbonyl (C=O) groups is 2. The first-order valence-corrected chi connectivity index (χ1v) is 6.18. The van der Waals surface area contributed by atoms with E-state index in [0.29, 0.717) is 29.4 Å². The van der Waals surface area contributed by atoms with Gasteiger partial charge in [-0.05, 0) is 24.1 Å². The number of carbonyl (C=O) groups excluding carboxylic acids is 1. The molecule has 18 heavy (non-hydrogen) atoms. The normalized spacial score (nSPS) is 24.3. The Morgan fingerprint density at radius 3 is 2.78 bits per heavy atom. The van der Waals surface area contributed by atoms with Crippen LogP contribution in [0, 0.1) is 11.8 Å². The lowest BCUT2D eigenvalue weighted by Crippen LogP contribution is -2.08. The summed E-state index contributed by atoms with van der Waals surface area (Å²) in [5, 5.41) is 9.26. The highest BCUT2D eigenvalue weighted by molar-refractivity contribution is 6.32. The molecule has 4 nitrogen and oxygen atoms in total. The number of carboxylic acid groups (broad SMARTS) is 1. The van der Waals surface area contributed by atoms with E-state index in [1.54, 1.807) is 12.1 Å². The van der Waals surface area contributed by atoms with Gasteiger partial charge in [0.1, 0.15) is 5.75 Å². The molecule has 3 rings (SSSR count). The van der Waals surface area contributed by atoms with Crippen molar-refractivity contribution in [3.8, 4) is 5.75 Å². The Hall–Kier alpha value is -1.55. The number of fused-ring (bicyclic) bond motifs is 1. The number of ketones is 1. The van der Waals surface area contributed by atoms with E-state index in [0.717, 1.165) is 12.0 Å². The third-order valence-corrected chi connectivity index (χ3v) is 3.75. The third-order valence-electron chi connectivity index (χ3n) is 3.47. The average molecular weight is 267 g/mol. The van der Waals surface area contributed by atoms with Crippen LogP contribution in [0.4, 0.5) is 0 Å². The zero-order valence-corrected chi connectivity index (χ0v) is 10.2. The first kappa shape index (κ1) is 11.5. The molecule has 94 valence electrons. The fraction of sp³-hybridized carbons (Fsp3) is 0.385. The smallest absolute Gasteiger partial charge is 0.307 e. The monoisotopic (exact) mass is 266 g/mol. The quantitative estimate of drug-likeness (QED) is 0.852. The van der Waals surface area contributed by atoms with Gasteiger partial charge < -0.3 is 9.84 Å². The molecule has 0 radical (unpaired) electrons. The minimum Gasteiger partial charge on any atom is -0.491 e. The van der Waals surface area contributed by atoms with Crippen molar-refractivity contribution in [1.82, 2.24) is 0 Å². The van der Waals surface area contributed by atoms with Crippen LogP contribution in [0.5, 0.6) is 5.75 Å². The number of hydrogen-bond donors (Lipinski definition) is 1. The number of halogens is 1. The topological polar surface area (TPSA) is 63.6 Å². The van der Waals surface area contributed by atoms with E-state index in [4.69, 9.17) is 21.4 Å². The van der Waals surface area contributed by atoms with Crippen molar-refractivity contribution in [1.29, 1.82) is 0 Å². The Kier molecular flexibility index (Phi) is 2.55. The Morgan fingerprint density at radius 1 is 1.33 bits per heavy atom. The van der Waals surface area contributed by atoms with Gasteiger partial charge in [0.2, 0.25) is 0 Å². The highest BCUT2D eigenvalue weighted by atomic mass is 35.5. The van der Waals surface area contributed by atoms with Crippen molar-refractivity contribution < 1.29 is 19.4 Å². The predicted octanol–water partition coefficient (Wildman–Crippen LogP) is 2.18. The van der Waals surface area contributed by atoms with Crippen molar-refractivity contribution in [3.63, 3.8) is 0 Å². The van der Waals surface area contributed by atoms with Gasteiger partial charge in [-0.15, -0.1) is 0 Å². The lowest BCUT2D eigenvalue weighted by atomic mass is 10.0. The van der Waals surface area contributed by atoms with Gasteiger partial charge in [-0.2, -0.15) is 0 Å². The molecule has 0 spiro atoms. The summed E-state index contributed by atoms with van der Waals surface area (Å²) in [7, 11) is 0. The van der Waals surface area contributed by atoms with Crippen LogP contribution in [0.25, 0.3) is 0 Å². The summed E-state index contributed by atoms with van der Waals surface area (Å²) in [6, 6.07) is 3.35. The van der Waals surface area contributed by atoms with E-state index in [-0.39, 0.29) is 11.7 Å². The third kappa shape index (κ3) is 1.77. The molecule has 1 saturated carbocycles. The Morgan fingerprint density at radius 2 is 2.11 bits per heavy atom. The number of carboxylic acids is 1. The van der Waals surface area contributed by atoms with E-state index in [1.165, 1.54) is 0 Å². The summed E-state index contributed by atoms with van der Waals surface area (Å²) in [6.07, 6.45) is 1.17. The van der Waals surface area contributed by atoms with Crippen LogP contribution in [-0.2, 0) is 11.2 Å². The van der Waals surface area contributed by atoms with Crippen LogP contribution in [0.15, 0.2) is 12.1 Å². The van der Waals surface area contributed by atoms with Gasteiger partial charge in [0.25, 0.3) is 0 Å². The molecule has 1 heterocycles. The van der Waals surface area contributed by atoms with E-state index in [9.17, 15) is 9.59 Å². The molecular weight excluding hydrogens is 256 g/mol. The SMILES string of the molecule is O=C(O)C1CC1C(=O)c1cc(Cl)c2c(c1)CCO2. The molecule has 2 aliphatic rings. The maximum atomic E-state index is 12.1. The largest absolute Gasteiger partial charge is 0.491 e. The summed E-state index contributed by atoms with van der Waals surface area (Å²) >= 11 is 6.05. The van der Waals surface area contributed by atoms with Gasteiger partial charge in [-0.3, -0.25) is 9.59 Å². The first-order chi connectivity index (χ1) is 8.58. The molecule has 0 saturated heterocycles. The second-order valence-corrected chi connectivity index (χ2v) is 5.10. The van der Waals surface area contributed by atoms with Crippen LogP contribution < -0.4 is 4.74 Å². The minimum atomic E-state index is -0.899. The van der Waals surface area contributed by atoms with Crippen LogP contribution >= 0.6 is 11.6 Å². The van der Waals surface area contributed by atoms with Crippen molar-refractivity contribution in [2.75, 3.05) is 6.61 Å². The molecule has 1 aromatic carbocycles. The van der Waals surface area contributed by atoms with E-state index >= 15 is 0 Å². The van der Waals surface area contributed by atoms with Gasteiger partial charge in [0.05, 0.1) is 17.5 Å². The first-order valence-electron chi connectivity index (χ1n) is 5.80. The molecular formula is C13H11ClO4. The van der Waals surface area contributed by atoms with Crippen molar-refractivity contribution in [3.05, 3.63) is 28.3 Å². The summed E-state index contributed by atoms with van der Waals surface area (Å²) in [5.41, 5.74) is 1.43. The molecule has 0 bridgehead atoms. The molecule has 5 heteroatoms. The lowest BCUT2D eigenvalue weighted by Gasteiger charge is -2.05. The number of aliphatic carboxylic acids is 1. The number of ether oxygens (including phenoxy) is 1. The highest BCUT2D eigenvalue weighted by Crippen LogP contribution is 2.43. The average Bonchev–Trinajstić information content (AvgIpc) is 2.99. The molecule has 1 N–H and O–H groups in total. The molecule has 0 amide bonds. The number of benzene rings is 1. The lowest BCUT2D eigenvalue weighted by molar-refractivity contribution is -0.138. The Bertz CT molecular complexity index is 552. The summed E-state index contributed by atoms with van der Waals surface area (Å²) in [6.45, 7) is 0.577. The molecule has 2 unspecified atom stereocenters. The maximum Gasteiger partial charge on any atom is 0.307 e. The van der Waals surface area contributed by atoms with Gasteiger partial charge in [-0.25, -0.2) is 0 Å². The van der Waals surface area contributed by atoms with Gasteiger partial charge in [0, 0.05) is 17.9 Å². The standard InChI is InChI=1S/C13H11ClO4/c14-10-4-7(3-6-1-2-18-12(6)10)11(15)8-5-9(8)13(16)17/h3-4,8-9H,1-2,5H2,(H,16,17). The van der Waals surface area contributed by atoms with Crippen LogP contribution in [0.3, 0.4) is 0 Å². The zero-order chi connectivity index (χ0) is 12.9. The van der Waals surface area contributed by atoms with Crippen molar-refractivity contribution in [2.24, 2.45) is 11.8 Å². The second-order valence-electron chi connectivity index (χ2n) is 4.70. The molecule has 1 fully saturated rings. The van der Waals surface area contributed by atoms with Gasteiger partial charge in [0.15, 0.2) is 5.78 Å². The Balaban J connectivity index is 1.88. The maximum absolute atomic E-state index is 12.1. The predicted molar refractivity (Wildman–Crippen MR) is 64.2 cm³/mol. The van der Waals surface area contributed by atoms with Gasteiger partial charge in [-0.1, -0.05) is 11.6 Å². The van der Waals surface area contributed by atoms with E-state index in [2.05, 4.69) is 0 Å².